The van der Waals surface area contributed by atoms with E-state index in [9.17, 15) is 0 Å². The Morgan fingerprint density at radius 1 is 0.737 bits per heavy atom. The topological polar surface area (TPSA) is 0 Å². The number of halogens is 2. The van der Waals surface area contributed by atoms with Gasteiger partial charge < -0.3 is 24.8 Å². The fourth-order valence-corrected chi connectivity index (χ4v) is 16.0. The van der Waals surface area contributed by atoms with Crippen molar-refractivity contribution in [3.8, 4) is 11.1 Å². The van der Waals surface area contributed by atoms with E-state index in [1.54, 1.807) is 27.8 Å². The Balaban J connectivity index is 0.00000200. The number of allylic oxidation sites excluding steroid dienone is 4. The molecule has 0 heterocycles. The van der Waals surface area contributed by atoms with Crippen LogP contribution in [0.2, 0.25) is 0 Å². The molecule has 0 saturated heterocycles. The molecule has 0 amide bonds. The first kappa shape index (κ1) is 31.8. The van der Waals surface area contributed by atoms with E-state index in [-0.39, 0.29) is 35.6 Å². The SMILES string of the molecule is Cc1cc2c(cc1C(C)(C)C)-c1cc(C(C)(C)C)c(C)[c]([Zr+2]([C]3=CC=CC3)=[C]3CCCCCC3)c1C2.[Cl-].[Cl-]. The van der Waals surface area contributed by atoms with Gasteiger partial charge in [0, 0.05) is 0 Å². The molecular formula is C35H46Cl2Zr. The Hall–Kier alpha value is -0.747. The number of hydrogen-bond donors (Lipinski definition) is 0. The molecule has 3 aliphatic rings. The van der Waals surface area contributed by atoms with E-state index < -0.39 is 21.3 Å². The van der Waals surface area contributed by atoms with Gasteiger partial charge in [-0.3, -0.25) is 0 Å². The molecule has 2 aromatic rings. The molecule has 0 aliphatic heterocycles. The number of rotatable bonds is 2. The summed E-state index contributed by atoms with van der Waals surface area (Å²) in [5.74, 6) is 0. The van der Waals surface area contributed by atoms with E-state index in [0.29, 0.717) is 0 Å². The molecular weight excluding hydrogens is 583 g/mol. The van der Waals surface area contributed by atoms with Gasteiger partial charge in [0.25, 0.3) is 0 Å². The van der Waals surface area contributed by atoms with Crippen molar-refractivity contribution < 1.29 is 46.1 Å². The Kier molecular flexibility index (Phi) is 10.0. The number of hydrogen-bond acceptors (Lipinski definition) is 0. The minimum absolute atomic E-state index is 0. The molecule has 0 aromatic heterocycles. The Labute approximate surface area is 252 Å². The molecule has 3 aliphatic carbocycles. The van der Waals surface area contributed by atoms with Crippen molar-refractivity contribution >= 4 is 6.48 Å². The van der Waals surface area contributed by atoms with E-state index >= 15 is 0 Å². The van der Waals surface area contributed by atoms with Crippen LogP contribution < -0.4 is 28.1 Å². The van der Waals surface area contributed by atoms with Crippen LogP contribution in [0.25, 0.3) is 11.1 Å². The monoisotopic (exact) mass is 626 g/mol. The summed E-state index contributed by atoms with van der Waals surface area (Å²) in [6.07, 6.45) is 18.1. The Bertz CT molecular complexity index is 1300. The predicted octanol–water partition coefficient (Wildman–Crippen LogP) is 3.09. The zero-order valence-corrected chi connectivity index (χ0v) is 28.8. The largest absolute Gasteiger partial charge is 1.00 e. The van der Waals surface area contributed by atoms with Crippen LogP contribution in [-0.2, 0) is 38.5 Å². The maximum atomic E-state index is 2.61. The van der Waals surface area contributed by atoms with E-state index in [1.807, 2.05) is 9.76 Å². The van der Waals surface area contributed by atoms with Crippen molar-refractivity contribution in [2.45, 2.75) is 118 Å². The molecule has 0 spiro atoms. The summed E-state index contributed by atoms with van der Waals surface area (Å²) in [6.45, 7) is 19.2. The molecule has 0 unspecified atom stereocenters. The third-order valence-corrected chi connectivity index (χ3v) is 17.2. The molecule has 0 bridgehead atoms. The summed E-state index contributed by atoms with van der Waals surface area (Å²) in [7, 11) is 0. The summed E-state index contributed by atoms with van der Waals surface area (Å²) in [6, 6.07) is 7.71. The van der Waals surface area contributed by atoms with Crippen LogP contribution in [0.4, 0.5) is 0 Å². The van der Waals surface area contributed by atoms with Crippen LogP contribution in [0.5, 0.6) is 0 Å². The number of benzene rings is 2. The zero-order valence-electron chi connectivity index (χ0n) is 24.9. The van der Waals surface area contributed by atoms with Crippen molar-refractivity contribution in [1.82, 2.24) is 0 Å². The standard InChI is InChI=1S/C23H29.C7H12.C5H5.2ClH.Zr/c1-14-9-16-11-17-10-15(2)21(23(6,7)8)13-19(17)18(16)12-20(14)22(3,4)5;1-2-4-6-7-5-3-1;1-2-4-5-3-1;;;/h9,12-13H,11H2,1-8H3;1-6H2;1-3H,4H2;2*1H;/q;;;;;+2/p-2. The summed E-state index contributed by atoms with van der Waals surface area (Å²) >= 11 is -2.20. The first-order valence-corrected chi connectivity index (χ1v) is 18.1. The second-order valence-corrected chi connectivity index (χ2v) is 20.1. The van der Waals surface area contributed by atoms with Gasteiger partial charge in [-0.2, -0.15) is 0 Å². The van der Waals surface area contributed by atoms with Gasteiger partial charge in [-0.25, -0.2) is 0 Å². The quantitative estimate of drug-likeness (QED) is 0.383. The minimum atomic E-state index is -2.20. The van der Waals surface area contributed by atoms with Crippen molar-refractivity contribution in [1.29, 1.82) is 0 Å². The van der Waals surface area contributed by atoms with E-state index in [1.165, 1.54) is 61.6 Å². The first-order valence-electron chi connectivity index (χ1n) is 14.4. The normalized spacial score (nSPS) is 16.5. The fourth-order valence-electron chi connectivity index (χ4n) is 7.14. The molecule has 38 heavy (non-hydrogen) atoms. The Morgan fingerprint density at radius 3 is 1.89 bits per heavy atom. The third-order valence-electron chi connectivity index (χ3n) is 8.82. The maximum absolute atomic E-state index is 2.61. The van der Waals surface area contributed by atoms with Gasteiger partial charge in [0.1, 0.15) is 0 Å². The van der Waals surface area contributed by atoms with E-state index in [0.717, 1.165) is 6.42 Å². The van der Waals surface area contributed by atoms with Crippen molar-refractivity contribution in [3.63, 3.8) is 0 Å². The summed E-state index contributed by atoms with van der Waals surface area (Å²) < 4.78 is 5.69. The van der Waals surface area contributed by atoms with E-state index in [2.05, 4.69) is 91.8 Å². The van der Waals surface area contributed by atoms with Crippen molar-refractivity contribution in [2.75, 3.05) is 0 Å². The molecule has 0 nitrogen and oxygen atoms in total. The summed E-state index contributed by atoms with van der Waals surface area (Å²) in [5.41, 5.74) is 12.9. The average molecular weight is 629 g/mol. The molecule has 0 N–H and O–H groups in total. The molecule has 3 heteroatoms. The second-order valence-electron chi connectivity index (χ2n) is 13.7. The molecule has 1 saturated carbocycles. The fraction of sp³-hybridized carbons (Fsp3) is 0.514. The van der Waals surface area contributed by atoms with E-state index in [4.69, 9.17) is 0 Å². The third kappa shape index (κ3) is 5.97. The predicted molar refractivity (Wildman–Crippen MR) is 156 cm³/mol. The van der Waals surface area contributed by atoms with Crippen LogP contribution >= 0.6 is 0 Å². The van der Waals surface area contributed by atoms with Gasteiger partial charge in [-0.15, -0.1) is 0 Å². The smallest absolute Gasteiger partial charge is 1.00 e. The van der Waals surface area contributed by atoms with Crippen LogP contribution in [0, 0.1) is 13.8 Å². The minimum Gasteiger partial charge on any atom is -1.00 e. The summed E-state index contributed by atoms with van der Waals surface area (Å²) in [4.78, 5) is 0. The molecule has 2 aromatic carbocycles. The van der Waals surface area contributed by atoms with Crippen molar-refractivity contribution in [2.24, 2.45) is 0 Å². The van der Waals surface area contributed by atoms with Gasteiger partial charge in [0.2, 0.25) is 0 Å². The zero-order chi connectivity index (χ0) is 25.8. The summed E-state index contributed by atoms with van der Waals surface area (Å²) in [5, 5.41) is 0. The van der Waals surface area contributed by atoms with Crippen LogP contribution in [0.15, 0.2) is 39.7 Å². The average Bonchev–Trinajstić information content (AvgIpc) is 3.33. The molecule has 0 radical (unpaired) electrons. The van der Waals surface area contributed by atoms with Crippen LogP contribution in [0.1, 0.15) is 120 Å². The number of aryl methyl sites for hydroxylation is 1. The van der Waals surface area contributed by atoms with Crippen molar-refractivity contribution in [3.05, 3.63) is 73.1 Å². The first-order chi connectivity index (χ1) is 17.0. The molecule has 0 atom stereocenters. The van der Waals surface area contributed by atoms with Crippen LogP contribution in [0.3, 0.4) is 0 Å². The van der Waals surface area contributed by atoms with Gasteiger partial charge in [-0.05, 0) is 0 Å². The van der Waals surface area contributed by atoms with Gasteiger partial charge in [-0.1, -0.05) is 0 Å². The molecule has 5 rings (SSSR count). The van der Waals surface area contributed by atoms with Gasteiger partial charge in [0.15, 0.2) is 0 Å². The molecule has 204 valence electrons. The number of fused-ring (bicyclic) bond motifs is 3. The van der Waals surface area contributed by atoms with Gasteiger partial charge in [0.05, 0.1) is 0 Å². The maximum Gasteiger partial charge on any atom is -1.00 e. The molecule has 1 fully saturated rings. The second kappa shape index (κ2) is 12.0. The van der Waals surface area contributed by atoms with Gasteiger partial charge >= 0.3 is 230 Å². The Morgan fingerprint density at radius 2 is 1.34 bits per heavy atom. The van der Waals surface area contributed by atoms with Crippen LogP contribution in [-0.4, -0.2) is 3.21 Å².